The van der Waals surface area contributed by atoms with E-state index in [9.17, 15) is 15.1 Å². The van der Waals surface area contributed by atoms with Crippen LogP contribution in [-0.4, -0.2) is 47.5 Å². The van der Waals surface area contributed by atoms with Gasteiger partial charge in [0.1, 0.15) is 18.5 Å². The van der Waals surface area contributed by atoms with Crippen molar-refractivity contribution in [2.24, 2.45) is 5.92 Å². The summed E-state index contributed by atoms with van der Waals surface area (Å²) >= 11 is 0. The number of aromatic nitrogens is 1. The van der Waals surface area contributed by atoms with Gasteiger partial charge in [0, 0.05) is 34.5 Å². The van der Waals surface area contributed by atoms with Gasteiger partial charge in [0.2, 0.25) is 0 Å². The number of nitrogens with zero attached hydrogens (tertiary/aromatic N) is 1. The van der Waals surface area contributed by atoms with Crippen LogP contribution < -0.4 is 0 Å². The second kappa shape index (κ2) is 5.94. The van der Waals surface area contributed by atoms with E-state index in [-0.39, 0.29) is 23.7 Å². The maximum Gasteiger partial charge on any atom is 0.320 e. The fourth-order valence-corrected chi connectivity index (χ4v) is 4.95. The average molecular weight is 356 g/mol. The highest BCUT2D eigenvalue weighted by molar-refractivity contribution is 5.91. The lowest BCUT2D eigenvalue weighted by Crippen LogP contribution is -2.59. The van der Waals surface area contributed by atoms with Crippen molar-refractivity contribution < 1.29 is 19.3 Å². The Hall–Kier alpha value is -2.15. The number of hydroxylamine groups is 3. The lowest BCUT2D eigenvalue weighted by Gasteiger charge is -2.53. The number of esters is 1. The number of nitrogens with one attached hydrogen (secondary N) is 1. The van der Waals surface area contributed by atoms with E-state index in [0.29, 0.717) is 25.2 Å². The maximum absolute atomic E-state index is 13.4. The van der Waals surface area contributed by atoms with E-state index in [0.717, 1.165) is 22.0 Å². The molecule has 1 aromatic carbocycles. The Morgan fingerprint density at radius 2 is 2.23 bits per heavy atom. The molecule has 5 rings (SSSR count). The largest absolute Gasteiger partial charge is 0.632 e. The van der Waals surface area contributed by atoms with Crippen LogP contribution in [0.2, 0.25) is 0 Å². The monoisotopic (exact) mass is 356 g/mol. The van der Waals surface area contributed by atoms with Crippen LogP contribution in [0.4, 0.5) is 0 Å². The van der Waals surface area contributed by atoms with Gasteiger partial charge >= 0.3 is 5.97 Å². The predicted octanol–water partition coefficient (Wildman–Crippen LogP) is 2.37. The smallest absolute Gasteiger partial charge is 0.320 e. The Bertz CT molecular complexity index is 902. The van der Waals surface area contributed by atoms with Gasteiger partial charge in [-0.05, 0) is 18.6 Å². The van der Waals surface area contributed by atoms with E-state index in [1.54, 1.807) is 0 Å². The highest BCUT2D eigenvalue weighted by Gasteiger charge is 2.56. The number of rotatable bonds is 2. The zero-order valence-electron chi connectivity index (χ0n) is 15.1. The van der Waals surface area contributed by atoms with Crippen molar-refractivity contribution in [2.75, 3.05) is 26.8 Å². The van der Waals surface area contributed by atoms with E-state index in [1.165, 1.54) is 7.11 Å². The zero-order valence-corrected chi connectivity index (χ0v) is 15.1. The second-order valence-electron chi connectivity index (χ2n) is 7.45. The summed E-state index contributed by atoms with van der Waals surface area (Å²) in [6.45, 7) is 2.59. The molecule has 4 heterocycles. The summed E-state index contributed by atoms with van der Waals surface area (Å²) in [5.74, 6) is -0.706. The molecule has 2 aromatic rings. The molecule has 1 saturated heterocycles. The molecular weight excluding hydrogens is 332 g/mol. The van der Waals surface area contributed by atoms with Gasteiger partial charge in [0.25, 0.3) is 0 Å². The molecule has 0 spiro atoms. The Labute approximate surface area is 152 Å². The number of aliphatic hydroxyl groups is 1. The molecule has 6 heteroatoms. The fraction of sp³-hybridized carbons (Fsp3) is 0.450. The van der Waals surface area contributed by atoms with Gasteiger partial charge in [0.05, 0.1) is 20.3 Å². The molecule has 0 aliphatic carbocycles. The number of ether oxygens (including phenoxy) is 1. The number of hydrogen-bond acceptors (Lipinski definition) is 4. The first kappa shape index (κ1) is 17.3. The van der Waals surface area contributed by atoms with Crippen LogP contribution in [0, 0.1) is 11.1 Å². The van der Waals surface area contributed by atoms with Crippen molar-refractivity contribution in [1.29, 1.82) is 0 Å². The number of H-pyrrole nitrogens is 1. The van der Waals surface area contributed by atoms with Crippen LogP contribution in [0.3, 0.4) is 0 Å². The van der Waals surface area contributed by atoms with Gasteiger partial charge in [-0.1, -0.05) is 24.3 Å². The maximum atomic E-state index is 13.4. The van der Waals surface area contributed by atoms with Gasteiger partial charge in [-0.2, -0.15) is 0 Å². The predicted molar refractivity (Wildman–Crippen MR) is 98.0 cm³/mol. The molecule has 1 aromatic heterocycles. The van der Waals surface area contributed by atoms with E-state index < -0.39 is 11.4 Å². The normalized spacial score (nSPS) is 32.3. The van der Waals surface area contributed by atoms with Gasteiger partial charge in [-0.25, -0.2) is 0 Å². The molecule has 1 fully saturated rings. The first-order valence-corrected chi connectivity index (χ1v) is 9.00. The summed E-state index contributed by atoms with van der Waals surface area (Å²) in [7, 11) is 1.35. The quantitative estimate of drug-likeness (QED) is 0.374. The number of benzene rings is 1. The van der Waals surface area contributed by atoms with Crippen molar-refractivity contribution in [3.05, 3.63) is 52.4 Å². The summed E-state index contributed by atoms with van der Waals surface area (Å²) in [5, 5.41) is 24.9. The number of methoxy groups -OCH3 is 1. The number of quaternary nitrogens is 1. The third kappa shape index (κ3) is 2.19. The van der Waals surface area contributed by atoms with Crippen LogP contribution in [0.15, 0.2) is 35.9 Å². The van der Waals surface area contributed by atoms with Crippen molar-refractivity contribution in [3.8, 4) is 0 Å². The van der Waals surface area contributed by atoms with E-state index >= 15 is 0 Å². The summed E-state index contributed by atoms with van der Waals surface area (Å²) in [5.41, 5.74) is 2.05. The fourth-order valence-electron chi connectivity index (χ4n) is 4.95. The number of carbonyl (C=O) groups excluding carboxylic acids is 1. The van der Waals surface area contributed by atoms with Crippen molar-refractivity contribution >= 4 is 16.9 Å². The number of carbonyl (C=O) groups is 1. The number of para-hydroxylation sites is 1. The average Bonchev–Trinajstić information content (AvgIpc) is 3.00. The number of aromatic amines is 1. The van der Waals surface area contributed by atoms with Crippen LogP contribution in [-0.2, 0) is 21.5 Å². The number of piperidine rings is 1. The zero-order chi connectivity index (χ0) is 18.5. The molecule has 0 amide bonds. The van der Waals surface area contributed by atoms with Crippen LogP contribution >= 0.6 is 0 Å². The minimum Gasteiger partial charge on any atom is -0.632 e. The Morgan fingerprint density at radius 1 is 1.46 bits per heavy atom. The van der Waals surface area contributed by atoms with E-state index in [4.69, 9.17) is 4.74 Å². The molecule has 3 aliphatic heterocycles. The SMILES string of the molecule is C/C=C1/C[N@@+]2([O-])CC[C@@H]1[C@@](CO)(C(=O)OC)c1[nH]c3ccccc3c1C2. The molecule has 26 heavy (non-hydrogen) atoms. The molecule has 3 aliphatic rings. The molecular formula is C20H24N2O4. The van der Waals surface area contributed by atoms with Gasteiger partial charge in [-0.3, -0.25) is 4.79 Å². The number of hydrogen-bond donors (Lipinski definition) is 2. The standard InChI is InChI=1S/C20H24N2O4/c1-3-13-10-22(25)9-8-16(13)20(12-23,19(24)26-2)18-15(11-22)14-6-4-5-7-17(14)21-18/h3-7,16,21,23H,8-12H2,1-2H3/b13-3-/t16-,20+,22-/m0/s1. The highest BCUT2D eigenvalue weighted by atomic mass is 16.5. The number of aliphatic hydroxyl groups excluding tert-OH is 1. The third-order valence-corrected chi connectivity index (χ3v) is 6.21. The minimum atomic E-state index is -1.21. The van der Waals surface area contributed by atoms with Crippen LogP contribution in [0.1, 0.15) is 24.6 Å². The first-order valence-electron chi connectivity index (χ1n) is 9.00. The molecule has 6 nitrogen and oxygen atoms in total. The molecule has 2 bridgehead atoms. The van der Waals surface area contributed by atoms with E-state index in [2.05, 4.69) is 4.98 Å². The molecule has 3 atom stereocenters. The molecule has 0 radical (unpaired) electrons. The van der Waals surface area contributed by atoms with Gasteiger partial charge in [0.15, 0.2) is 0 Å². The lowest BCUT2D eigenvalue weighted by molar-refractivity contribution is -0.894. The summed E-state index contributed by atoms with van der Waals surface area (Å²) in [6, 6.07) is 7.73. The van der Waals surface area contributed by atoms with Gasteiger partial charge in [-0.15, -0.1) is 0 Å². The molecule has 2 N–H and O–H groups in total. The van der Waals surface area contributed by atoms with Crippen molar-refractivity contribution in [2.45, 2.75) is 25.3 Å². The van der Waals surface area contributed by atoms with E-state index in [1.807, 2.05) is 37.3 Å². The molecule has 0 saturated carbocycles. The van der Waals surface area contributed by atoms with Crippen LogP contribution in [0.25, 0.3) is 10.9 Å². The molecule has 0 unspecified atom stereocenters. The third-order valence-electron chi connectivity index (χ3n) is 6.21. The molecule has 138 valence electrons. The van der Waals surface area contributed by atoms with Gasteiger partial charge < -0.3 is 24.7 Å². The Balaban J connectivity index is 2.09. The minimum absolute atomic E-state index is 0.253. The summed E-state index contributed by atoms with van der Waals surface area (Å²) in [4.78, 5) is 16.4. The van der Waals surface area contributed by atoms with Crippen LogP contribution in [0.5, 0.6) is 0 Å². The highest BCUT2D eigenvalue weighted by Crippen LogP contribution is 2.49. The number of allylic oxidation sites excluding steroid dienone is 1. The lowest BCUT2D eigenvalue weighted by atomic mass is 9.64. The topological polar surface area (TPSA) is 85.4 Å². The van der Waals surface area contributed by atoms with Crippen molar-refractivity contribution in [3.63, 3.8) is 0 Å². The second-order valence-corrected chi connectivity index (χ2v) is 7.45. The number of fused-ring (bicyclic) bond motifs is 3. The van der Waals surface area contributed by atoms with Crippen molar-refractivity contribution in [1.82, 2.24) is 4.98 Å². The first-order chi connectivity index (χ1) is 12.5. The summed E-state index contributed by atoms with van der Waals surface area (Å²) in [6.07, 6.45) is 2.48. The Morgan fingerprint density at radius 3 is 2.92 bits per heavy atom. The Kier molecular flexibility index (Phi) is 3.95. The summed E-state index contributed by atoms with van der Waals surface area (Å²) < 4.78 is 4.85.